The van der Waals surface area contributed by atoms with Crippen molar-refractivity contribution in [3.8, 4) is 0 Å². The van der Waals surface area contributed by atoms with Gasteiger partial charge in [-0.15, -0.1) is 0 Å². The molecule has 0 aromatic heterocycles. The summed E-state index contributed by atoms with van der Waals surface area (Å²) in [7, 11) is -3.67. The van der Waals surface area contributed by atoms with Crippen molar-refractivity contribution in [2.45, 2.75) is 146 Å². The van der Waals surface area contributed by atoms with Gasteiger partial charge >= 0.3 is 0 Å². The van der Waals surface area contributed by atoms with Crippen molar-refractivity contribution in [2.24, 2.45) is 0 Å². The summed E-state index contributed by atoms with van der Waals surface area (Å²) in [5.41, 5.74) is 0. The molecule has 1 aromatic rings. The molecule has 0 saturated carbocycles. The van der Waals surface area contributed by atoms with E-state index in [4.69, 9.17) is 4.18 Å². The quantitative estimate of drug-likeness (QED) is 0.108. The van der Waals surface area contributed by atoms with Crippen molar-refractivity contribution in [2.75, 3.05) is 5.75 Å². The van der Waals surface area contributed by atoms with Gasteiger partial charge in [0.1, 0.15) is 0 Å². The van der Waals surface area contributed by atoms with Crippen LogP contribution in [0.5, 0.6) is 0 Å². The molecule has 2 atom stereocenters. The number of rotatable bonds is 23. The molecule has 1 rings (SSSR count). The molecule has 0 saturated heterocycles. The molecule has 3 nitrogen and oxygen atoms in total. The maximum absolute atomic E-state index is 12.3. The van der Waals surface area contributed by atoms with Gasteiger partial charge in [0.25, 0.3) is 10.1 Å². The van der Waals surface area contributed by atoms with Crippen LogP contribution in [0, 0.1) is 0 Å². The number of unbranched alkanes of at least 4 members (excludes halogenated alkanes) is 15. The molecule has 2 unspecified atom stereocenters. The summed E-state index contributed by atoms with van der Waals surface area (Å²) in [6.45, 7) is 6.31. The number of hydrogen-bond acceptors (Lipinski definition) is 4. The van der Waals surface area contributed by atoms with E-state index < -0.39 is 10.1 Å². The Kier molecular flexibility index (Phi) is 19.1. The SMILES string of the molecule is CCCCCCCCCCCCCCCCCCSC(C)CC(C)OS(=O)(=O)c1ccccc1. The molecule has 34 heavy (non-hydrogen) atoms. The second kappa shape index (κ2) is 20.7. The van der Waals surface area contributed by atoms with Crippen LogP contribution in [0.2, 0.25) is 0 Å². The topological polar surface area (TPSA) is 43.4 Å². The molecule has 198 valence electrons. The first-order chi connectivity index (χ1) is 16.5. The molecule has 0 aliphatic rings. The fraction of sp³-hybridized carbons (Fsp3) is 0.793. The van der Waals surface area contributed by atoms with Crippen LogP contribution in [0.1, 0.15) is 130 Å². The van der Waals surface area contributed by atoms with Crippen LogP contribution in [0.25, 0.3) is 0 Å². The van der Waals surface area contributed by atoms with Gasteiger partial charge in [-0.25, -0.2) is 0 Å². The van der Waals surface area contributed by atoms with E-state index >= 15 is 0 Å². The molecule has 0 aliphatic heterocycles. The van der Waals surface area contributed by atoms with Crippen molar-refractivity contribution >= 4 is 21.9 Å². The van der Waals surface area contributed by atoms with Crippen LogP contribution in [-0.2, 0) is 14.3 Å². The molecular weight excluding hydrogens is 460 g/mol. The Balaban J connectivity index is 1.90. The van der Waals surface area contributed by atoms with Crippen LogP contribution in [0.3, 0.4) is 0 Å². The molecule has 0 N–H and O–H groups in total. The van der Waals surface area contributed by atoms with Gasteiger partial charge in [0.15, 0.2) is 0 Å². The molecule has 0 heterocycles. The minimum absolute atomic E-state index is 0.232. The zero-order valence-corrected chi connectivity index (χ0v) is 23.9. The molecule has 0 radical (unpaired) electrons. The first-order valence-corrected chi connectivity index (χ1v) is 16.5. The van der Waals surface area contributed by atoms with Gasteiger partial charge < -0.3 is 0 Å². The van der Waals surface area contributed by atoms with Crippen LogP contribution >= 0.6 is 11.8 Å². The fourth-order valence-electron chi connectivity index (χ4n) is 4.37. The van der Waals surface area contributed by atoms with Crippen molar-refractivity contribution in [1.82, 2.24) is 0 Å². The maximum atomic E-state index is 12.3. The van der Waals surface area contributed by atoms with Crippen LogP contribution in [-0.4, -0.2) is 25.5 Å². The Labute approximate surface area is 216 Å². The van der Waals surface area contributed by atoms with Crippen LogP contribution in [0.4, 0.5) is 0 Å². The van der Waals surface area contributed by atoms with E-state index in [0.717, 1.165) is 12.2 Å². The molecule has 0 spiro atoms. The summed E-state index contributed by atoms with van der Waals surface area (Å²) >= 11 is 1.94. The highest BCUT2D eigenvalue weighted by atomic mass is 32.2. The summed E-state index contributed by atoms with van der Waals surface area (Å²) in [6.07, 6.45) is 22.8. The highest BCUT2D eigenvalue weighted by molar-refractivity contribution is 7.99. The first-order valence-electron chi connectivity index (χ1n) is 14.1. The van der Waals surface area contributed by atoms with Gasteiger partial charge in [-0.2, -0.15) is 20.2 Å². The Morgan fingerprint density at radius 3 is 1.62 bits per heavy atom. The molecule has 0 bridgehead atoms. The molecule has 0 aliphatic carbocycles. The molecule has 0 fully saturated rings. The van der Waals surface area contributed by atoms with Gasteiger partial charge in [-0.3, -0.25) is 4.18 Å². The molecule has 1 aromatic carbocycles. The van der Waals surface area contributed by atoms with E-state index in [0.29, 0.717) is 5.25 Å². The highest BCUT2D eigenvalue weighted by Crippen LogP contribution is 2.22. The third-order valence-corrected chi connectivity index (χ3v) is 9.10. The van der Waals surface area contributed by atoms with E-state index in [1.807, 2.05) is 18.7 Å². The first kappa shape index (κ1) is 31.5. The Hall–Kier alpha value is -0.520. The zero-order chi connectivity index (χ0) is 24.9. The third kappa shape index (κ3) is 17.0. The average molecular weight is 513 g/mol. The van der Waals surface area contributed by atoms with Gasteiger partial charge in [-0.05, 0) is 37.7 Å². The summed E-state index contributed by atoms with van der Waals surface area (Å²) in [6, 6.07) is 8.41. The fourth-order valence-corrected chi connectivity index (χ4v) is 6.66. The van der Waals surface area contributed by atoms with E-state index in [2.05, 4.69) is 13.8 Å². The maximum Gasteiger partial charge on any atom is 0.297 e. The number of thioether (sulfide) groups is 1. The van der Waals surface area contributed by atoms with Crippen molar-refractivity contribution < 1.29 is 12.6 Å². The van der Waals surface area contributed by atoms with Crippen molar-refractivity contribution in [1.29, 1.82) is 0 Å². The van der Waals surface area contributed by atoms with Crippen molar-refractivity contribution in [3.63, 3.8) is 0 Å². The minimum Gasteiger partial charge on any atom is -0.263 e. The predicted octanol–water partition coefficient (Wildman–Crippen LogP) is 9.55. The normalized spacial score (nSPS) is 13.7. The summed E-state index contributed by atoms with van der Waals surface area (Å²) < 4.78 is 30.0. The zero-order valence-electron chi connectivity index (χ0n) is 22.3. The summed E-state index contributed by atoms with van der Waals surface area (Å²) in [4.78, 5) is 0.232. The Bertz CT molecular complexity index is 676. The predicted molar refractivity (Wildman–Crippen MR) is 150 cm³/mol. The van der Waals surface area contributed by atoms with Gasteiger partial charge in [0, 0.05) is 5.25 Å². The van der Waals surface area contributed by atoms with E-state index in [1.165, 1.54) is 103 Å². The Morgan fingerprint density at radius 2 is 1.15 bits per heavy atom. The smallest absolute Gasteiger partial charge is 0.263 e. The van der Waals surface area contributed by atoms with Gasteiger partial charge in [0.2, 0.25) is 0 Å². The van der Waals surface area contributed by atoms with Crippen molar-refractivity contribution in [3.05, 3.63) is 30.3 Å². The summed E-state index contributed by atoms with van der Waals surface area (Å²) in [5.74, 6) is 1.15. The van der Waals surface area contributed by atoms with E-state index in [1.54, 1.807) is 30.3 Å². The van der Waals surface area contributed by atoms with Crippen LogP contribution in [0.15, 0.2) is 35.2 Å². The number of benzene rings is 1. The lowest BCUT2D eigenvalue weighted by Crippen LogP contribution is -2.19. The minimum atomic E-state index is -3.67. The highest BCUT2D eigenvalue weighted by Gasteiger charge is 2.20. The summed E-state index contributed by atoms with van der Waals surface area (Å²) in [5, 5.41) is 0.400. The standard InChI is InChI=1S/C29H52O3S2/c1-4-5-6-7-8-9-10-11-12-13-14-15-16-17-18-22-25-33-28(3)26-27(2)32-34(30,31)29-23-20-19-21-24-29/h19-21,23-24,27-28H,4-18,22,25-26H2,1-3H3. The largest absolute Gasteiger partial charge is 0.297 e. The second-order valence-electron chi connectivity index (χ2n) is 9.89. The third-order valence-electron chi connectivity index (χ3n) is 6.39. The second-order valence-corrected chi connectivity index (χ2v) is 13.0. The van der Waals surface area contributed by atoms with Gasteiger partial charge in [0.05, 0.1) is 11.0 Å². The van der Waals surface area contributed by atoms with Crippen LogP contribution < -0.4 is 0 Å². The average Bonchev–Trinajstić information content (AvgIpc) is 2.81. The lowest BCUT2D eigenvalue weighted by atomic mass is 10.0. The molecule has 5 heteroatoms. The lowest BCUT2D eigenvalue weighted by molar-refractivity contribution is 0.219. The molecular formula is C29H52O3S2. The Morgan fingerprint density at radius 1 is 0.706 bits per heavy atom. The van der Waals surface area contributed by atoms with E-state index in [-0.39, 0.29) is 11.0 Å². The number of hydrogen-bond donors (Lipinski definition) is 0. The van der Waals surface area contributed by atoms with Gasteiger partial charge in [-0.1, -0.05) is 128 Å². The monoisotopic (exact) mass is 512 g/mol. The molecule has 0 amide bonds. The van der Waals surface area contributed by atoms with E-state index in [9.17, 15) is 8.42 Å². The lowest BCUT2D eigenvalue weighted by Gasteiger charge is -2.17.